The maximum atomic E-state index is 13.2. The normalized spacial score (nSPS) is 12.5. The van der Waals surface area contributed by atoms with Crippen molar-refractivity contribution in [3.05, 3.63) is 68.4 Å². The van der Waals surface area contributed by atoms with Gasteiger partial charge in [0.15, 0.2) is 0 Å². The van der Waals surface area contributed by atoms with Crippen LogP contribution in [-0.2, 0) is 6.42 Å². The van der Waals surface area contributed by atoms with Crippen molar-refractivity contribution in [3.63, 3.8) is 0 Å². The van der Waals surface area contributed by atoms with Gasteiger partial charge < -0.3 is 5.11 Å². The molecule has 0 heterocycles. The number of hydrogen-bond acceptors (Lipinski definition) is 1. The van der Waals surface area contributed by atoms with Crippen molar-refractivity contribution in [1.82, 2.24) is 0 Å². The van der Waals surface area contributed by atoms with Crippen LogP contribution in [0.5, 0.6) is 0 Å². The molecule has 1 atom stereocenters. The first kappa shape index (κ1) is 14.5. The van der Waals surface area contributed by atoms with Gasteiger partial charge in [0.05, 0.1) is 6.10 Å². The number of aliphatic hydroxyl groups excluding tert-OH is 1. The number of rotatable bonds is 3. The minimum absolute atomic E-state index is 0.307. The highest BCUT2D eigenvalue weighted by atomic mass is 79.9. The van der Waals surface area contributed by atoms with Gasteiger partial charge in [-0.2, -0.15) is 0 Å². The molecule has 0 spiro atoms. The second-order valence-corrected chi connectivity index (χ2v) is 5.75. The second kappa shape index (κ2) is 6.04. The molecule has 4 heteroatoms. The second-order valence-electron chi connectivity index (χ2n) is 4.46. The average molecular weight is 344 g/mol. The molecule has 100 valence electrons. The lowest BCUT2D eigenvalue weighted by atomic mass is 9.98. The van der Waals surface area contributed by atoms with E-state index in [2.05, 4.69) is 15.9 Å². The zero-order valence-electron chi connectivity index (χ0n) is 10.3. The fourth-order valence-corrected chi connectivity index (χ4v) is 2.67. The van der Waals surface area contributed by atoms with Crippen LogP contribution in [0.3, 0.4) is 0 Å². The fraction of sp³-hybridized carbons (Fsp3) is 0.200. The third-order valence-corrected chi connectivity index (χ3v) is 4.02. The van der Waals surface area contributed by atoms with Crippen molar-refractivity contribution in [2.45, 2.75) is 19.4 Å². The van der Waals surface area contributed by atoms with Gasteiger partial charge in [-0.05, 0) is 53.9 Å². The van der Waals surface area contributed by atoms with Gasteiger partial charge in [0, 0.05) is 15.9 Å². The van der Waals surface area contributed by atoms with Crippen LogP contribution in [0.1, 0.15) is 22.8 Å². The lowest BCUT2D eigenvalue weighted by Crippen LogP contribution is -2.04. The van der Waals surface area contributed by atoms with E-state index >= 15 is 0 Å². The first-order chi connectivity index (χ1) is 8.97. The summed E-state index contributed by atoms with van der Waals surface area (Å²) in [4.78, 5) is 0. The molecule has 1 unspecified atom stereocenters. The first-order valence-electron chi connectivity index (χ1n) is 5.85. The van der Waals surface area contributed by atoms with Gasteiger partial charge in [-0.15, -0.1) is 0 Å². The highest BCUT2D eigenvalue weighted by molar-refractivity contribution is 9.10. The summed E-state index contributed by atoms with van der Waals surface area (Å²) in [5.41, 5.74) is 2.47. The molecule has 0 aliphatic heterocycles. The highest BCUT2D eigenvalue weighted by Gasteiger charge is 2.13. The van der Waals surface area contributed by atoms with Crippen LogP contribution >= 0.6 is 27.5 Å². The quantitative estimate of drug-likeness (QED) is 0.846. The van der Waals surface area contributed by atoms with Crippen LogP contribution in [0, 0.1) is 12.7 Å². The number of halogens is 3. The molecule has 0 saturated heterocycles. The molecule has 2 rings (SSSR count). The summed E-state index contributed by atoms with van der Waals surface area (Å²) in [7, 11) is 0. The van der Waals surface area contributed by atoms with Crippen molar-refractivity contribution in [3.8, 4) is 0 Å². The van der Waals surface area contributed by atoms with Gasteiger partial charge in [0.1, 0.15) is 5.82 Å². The maximum Gasteiger partial charge on any atom is 0.123 e. The van der Waals surface area contributed by atoms with Crippen LogP contribution < -0.4 is 0 Å². The molecular weight excluding hydrogens is 331 g/mol. The Balaban J connectivity index is 2.25. The summed E-state index contributed by atoms with van der Waals surface area (Å²) in [6.45, 7) is 1.89. The summed E-state index contributed by atoms with van der Waals surface area (Å²) in [5.74, 6) is -0.307. The number of aryl methyl sites for hydroxylation is 1. The third-order valence-electron chi connectivity index (χ3n) is 3.01. The van der Waals surface area contributed by atoms with Gasteiger partial charge in [0.25, 0.3) is 0 Å². The van der Waals surface area contributed by atoms with Crippen LogP contribution in [0.15, 0.2) is 40.9 Å². The minimum atomic E-state index is -0.685. The molecule has 0 bridgehead atoms. The molecule has 2 aromatic carbocycles. The van der Waals surface area contributed by atoms with Crippen molar-refractivity contribution < 1.29 is 9.50 Å². The fourth-order valence-electron chi connectivity index (χ4n) is 2.03. The summed E-state index contributed by atoms with van der Waals surface area (Å²) >= 11 is 9.25. The van der Waals surface area contributed by atoms with Gasteiger partial charge >= 0.3 is 0 Å². The van der Waals surface area contributed by atoms with Crippen molar-refractivity contribution in [1.29, 1.82) is 0 Å². The summed E-state index contributed by atoms with van der Waals surface area (Å²) in [6, 6.07) is 9.81. The zero-order chi connectivity index (χ0) is 14.0. The Morgan fingerprint density at radius 2 is 2.00 bits per heavy atom. The van der Waals surface area contributed by atoms with Gasteiger partial charge in [-0.25, -0.2) is 4.39 Å². The monoisotopic (exact) mass is 342 g/mol. The lowest BCUT2D eigenvalue weighted by Gasteiger charge is -2.15. The number of hydrogen-bond donors (Lipinski definition) is 1. The predicted octanol–water partition coefficient (Wildman–Crippen LogP) is 4.83. The molecule has 0 fully saturated rings. The Labute approximate surface area is 125 Å². The Morgan fingerprint density at radius 1 is 1.26 bits per heavy atom. The van der Waals surface area contributed by atoms with E-state index in [0.717, 1.165) is 21.2 Å². The van der Waals surface area contributed by atoms with E-state index in [-0.39, 0.29) is 5.82 Å². The van der Waals surface area contributed by atoms with E-state index < -0.39 is 6.10 Å². The van der Waals surface area contributed by atoms with Gasteiger partial charge in [-0.1, -0.05) is 33.6 Å². The Bertz CT molecular complexity index is 601. The SMILES string of the molecule is Cc1cc(Cl)ccc1C(O)Cc1cc(F)ccc1Br. The molecular formula is C15H13BrClFO. The molecule has 2 aromatic rings. The van der Waals surface area contributed by atoms with Crippen LogP contribution in [0.2, 0.25) is 5.02 Å². The first-order valence-corrected chi connectivity index (χ1v) is 7.02. The number of benzene rings is 2. The van der Waals surface area contributed by atoms with Gasteiger partial charge in [-0.3, -0.25) is 0 Å². The van der Waals surface area contributed by atoms with E-state index in [1.54, 1.807) is 24.3 Å². The Kier molecular flexibility index (Phi) is 4.61. The third kappa shape index (κ3) is 3.56. The van der Waals surface area contributed by atoms with E-state index in [9.17, 15) is 9.50 Å². The van der Waals surface area contributed by atoms with Crippen LogP contribution in [-0.4, -0.2) is 5.11 Å². The molecule has 0 aromatic heterocycles. The molecule has 0 aliphatic carbocycles. The molecule has 1 N–H and O–H groups in total. The van der Waals surface area contributed by atoms with E-state index in [1.807, 2.05) is 6.92 Å². The van der Waals surface area contributed by atoms with E-state index in [4.69, 9.17) is 11.6 Å². The maximum absolute atomic E-state index is 13.2. The molecule has 19 heavy (non-hydrogen) atoms. The average Bonchev–Trinajstić information content (AvgIpc) is 2.33. The largest absolute Gasteiger partial charge is 0.388 e. The van der Waals surface area contributed by atoms with Crippen molar-refractivity contribution in [2.24, 2.45) is 0 Å². The topological polar surface area (TPSA) is 20.2 Å². The molecule has 0 saturated carbocycles. The predicted molar refractivity (Wildman–Crippen MR) is 79.0 cm³/mol. The lowest BCUT2D eigenvalue weighted by molar-refractivity contribution is 0.177. The number of aliphatic hydroxyl groups is 1. The molecule has 0 amide bonds. The zero-order valence-corrected chi connectivity index (χ0v) is 12.7. The minimum Gasteiger partial charge on any atom is -0.388 e. The summed E-state index contributed by atoms with van der Waals surface area (Å²) in [5, 5.41) is 10.9. The molecule has 0 radical (unpaired) electrons. The standard InChI is InChI=1S/C15H13BrClFO/c1-9-6-11(17)2-4-13(9)15(19)8-10-7-12(18)3-5-14(10)16/h2-7,15,19H,8H2,1H3. The summed E-state index contributed by atoms with van der Waals surface area (Å²) in [6.07, 6.45) is -0.337. The van der Waals surface area contributed by atoms with E-state index in [0.29, 0.717) is 11.4 Å². The Hall–Kier alpha value is -0.900. The van der Waals surface area contributed by atoms with Crippen LogP contribution in [0.25, 0.3) is 0 Å². The van der Waals surface area contributed by atoms with Crippen LogP contribution in [0.4, 0.5) is 4.39 Å². The molecule has 1 nitrogen and oxygen atoms in total. The highest BCUT2D eigenvalue weighted by Crippen LogP contribution is 2.27. The van der Waals surface area contributed by atoms with E-state index in [1.165, 1.54) is 12.1 Å². The van der Waals surface area contributed by atoms with Crippen molar-refractivity contribution >= 4 is 27.5 Å². The van der Waals surface area contributed by atoms with Gasteiger partial charge in [0.2, 0.25) is 0 Å². The molecule has 0 aliphatic rings. The Morgan fingerprint density at radius 3 is 2.68 bits per heavy atom. The smallest absolute Gasteiger partial charge is 0.123 e. The summed E-state index contributed by atoms with van der Waals surface area (Å²) < 4.78 is 14.0. The van der Waals surface area contributed by atoms with Crippen molar-refractivity contribution in [2.75, 3.05) is 0 Å².